The molecule has 0 heterocycles. The summed E-state index contributed by atoms with van der Waals surface area (Å²) in [5, 5.41) is 30.1. The number of hydrogen-bond acceptors (Lipinski definition) is 3. The van der Waals surface area contributed by atoms with Crippen molar-refractivity contribution in [3.8, 4) is 0 Å². The maximum absolute atomic E-state index is 10.2. The molecule has 2 aliphatic carbocycles. The van der Waals surface area contributed by atoms with Gasteiger partial charge in [-0.25, -0.2) is 0 Å². The number of aliphatic hydroxyl groups excluding tert-OH is 2. The molecule has 0 bridgehead atoms. The van der Waals surface area contributed by atoms with Gasteiger partial charge in [0.1, 0.15) is 6.10 Å². The smallest absolute Gasteiger partial charge is 0.101 e. The van der Waals surface area contributed by atoms with Gasteiger partial charge in [-0.15, -0.1) is 0 Å². The van der Waals surface area contributed by atoms with Crippen LogP contribution >= 0.6 is 0 Å². The molecular weight excluding hydrogens is 228 g/mol. The van der Waals surface area contributed by atoms with Crippen molar-refractivity contribution in [2.75, 3.05) is 0 Å². The first-order valence-electron chi connectivity index (χ1n) is 6.92. The predicted octanol–water partition coefficient (Wildman–Crippen LogP) is 1.86. The average Bonchev–Trinajstić information content (AvgIpc) is 2.24. The molecule has 0 saturated heterocycles. The molecular formula is C15H26O3. The largest absolute Gasteiger partial charge is 0.390 e. The van der Waals surface area contributed by atoms with E-state index in [0.717, 1.165) is 24.8 Å². The standard InChI is InChI=1S/C15H26O3/c1-9-11-7-10(14(2,3)18)5-6-15(11,4)8-12(16)13(9)17/h10-13,16-18H,1,5-8H2,2-4H3/t10-,11+,12-,13-,15+/m1/s1. The third kappa shape index (κ3) is 2.24. The van der Waals surface area contributed by atoms with Crippen LogP contribution in [0.4, 0.5) is 0 Å². The molecule has 0 aromatic carbocycles. The van der Waals surface area contributed by atoms with Crippen LogP contribution in [-0.2, 0) is 0 Å². The lowest BCUT2D eigenvalue weighted by Gasteiger charge is -2.53. The van der Waals surface area contributed by atoms with Gasteiger partial charge in [0, 0.05) is 0 Å². The van der Waals surface area contributed by atoms with Crippen molar-refractivity contribution in [2.24, 2.45) is 17.3 Å². The van der Waals surface area contributed by atoms with Gasteiger partial charge >= 0.3 is 0 Å². The molecule has 0 aromatic heterocycles. The van der Waals surface area contributed by atoms with E-state index < -0.39 is 17.8 Å². The SMILES string of the molecule is C=C1[C@@H](O)[C@H](O)C[C@]2(C)CC[C@@H](C(C)(C)O)C[C@@H]12. The van der Waals surface area contributed by atoms with Gasteiger partial charge in [-0.1, -0.05) is 13.5 Å². The van der Waals surface area contributed by atoms with E-state index >= 15 is 0 Å². The Bertz CT molecular complexity index is 344. The molecule has 2 fully saturated rings. The molecule has 0 aromatic rings. The third-order valence-corrected chi connectivity index (χ3v) is 5.29. The lowest BCUT2D eigenvalue weighted by molar-refractivity contribution is -0.0868. The van der Waals surface area contributed by atoms with Gasteiger partial charge in [-0.05, 0) is 62.4 Å². The third-order valence-electron chi connectivity index (χ3n) is 5.29. The van der Waals surface area contributed by atoms with Crippen molar-refractivity contribution in [3.63, 3.8) is 0 Å². The van der Waals surface area contributed by atoms with E-state index in [2.05, 4.69) is 13.5 Å². The van der Waals surface area contributed by atoms with Crippen molar-refractivity contribution in [1.29, 1.82) is 0 Å². The Morgan fingerprint density at radius 3 is 2.50 bits per heavy atom. The fourth-order valence-electron chi connectivity index (χ4n) is 3.89. The van der Waals surface area contributed by atoms with E-state index in [-0.39, 0.29) is 17.3 Å². The Labute approximate surface area is 110 Å². The summed E-state index contributed by atoms with van der Waals surface area (Å²) in [5.74, 6) is 0.454. The lowest BCUT2D eigenvalue weighted by atomic mass is 9.54. The van der Waals surface area contributed by atoms with Crippen LogP contribution in [0.1, 0.15) is 46.5 Å². The molecule has 0 radical (unpaired) electrons. The van der Waals surface area contributed by atoms with Crippen LogP contribution < -0.4 is 0 Å². The average molecular weight is 254 g/mol. The first-order valence-corrected chi connectivity index (χ1v) is 6.92. The molecule has 18 heavy (non-hydrogen) atoms. The summed E-state index contributed by atoms with van der Waals surface area (Å²) in [4.78, 5) is 0. The van der Waals surface area contributed by atoms with Crippen LogP contribution in [0.15, 0.2) is 12.2 Å². The summed E-state index contributed by atoms with van der Waals surface area (Å²) >= 11 is 0. The number of fused-ring (bicyclic) bond motifs is 1. The Hall–Kier alpha value is -0.380. The second-order valence-corrected chi connectivity index (χ2v) is 7.12. The van der Waals surface area contributed by atoms with Crippen LogP contribution in [0, 0.1) is 17.3 Å². The minimum absolute atomic E-state index is 0.0253. The molecule has 5 atom stereocenters. The maximum Gasteiger partial charge on any atom is 0.101 e. The molecule has 0 aliphatic heterocycles. The molecule has 3 heteroatoms. The minimum Gasteiger partial charge on any atom is -0.390 e. The molecule has 3 nitrogen and oxygen atoms in total. The van der Waals surface area contributed by atoms with Crippen LogP contribution in [0.2, 0.25) is 0 Å². The van der Waals surface area contributed by atoms with Gasteiger partial charge in [0.2, 0.25) is 0 Å². The number of hydrogen-bond donors (Lipinski definition) is 3. The fraction of sp³-hybridized carbons (Fsp3) is 0.867. The van der Waals surface area contributed by atoms with Crippen molar-refractivity contribution < 1.29 is 15.3 Å². The van der Waals surface area contributed by atoms with Crippen molar-refractivity contribution in [3.05, 3.63) is 12.2 Å². The van der Waals surface area contributed by atoms with E-state index in [4.69, 9.17) is 0 Å². The van der Waals surface area contributed by atoms with Crippen LogP contribution in [0.5, 0.6) is 0 Å². The fourth-order valence-corrected chi connectivity index (χ4v) is 3.89. The van der Waals surface area contributed by atoms with Crippen LogP contribution in [0.3, 0.4) is 0 Å². The molecule has 0 amide bonds. The van der Waals surface area contributed by atoms with E-state index in [1.54, 1.807) is 0 Å². The van der Waals surface area contributed by atoms with E-state index in [1.165, 1.54) is 0 Å². The Morgan fingerprint density at radius 1 is 1.33 bits per heavy atom. The van der Waals surface area contributed by atoms with Gasteiger partial charge in [0.25, 0.3) is 0 Å². The normalized spacial score (nSPS) is 45.8. The van der Waals surface area contributed by atoms with Gasteiger partial charge in [0.15, 0.2) is 0 Å². The zero-order valence-electron chi connectivity index (χ0n) is 11.7. The first-order chi connectivity index (χ1) is 8.15. The zero-order valence-corrected chi connectivity index (χ0v) is 11.7. The highest BCUT2D eigenvalue weighted by Crippen LogP contribution is 2.54. The van der Waals surface area contributed by atoms with Gasteiger partial charge in [-0.3, -0.25) is 0 Å². The summed E-state index contributed by atoms with van der Waals surface area (Å²) in [6.07, 6.45) is 1.97. The lowest BCUT2D eigenvalue weighted by Crippen LogP contribution is -2.51. The highest BCUT2D eigenvalue weighted by molar-refractivity contribution is 5.20. The Balaban J connectivity index is 2.22. The first kappa shape index (κ1) is 14.0. The Morgan fingerprint density at radius 2 is 1.94 bits per heavy atom. The summed E-state index contributed by atoms with van der Waals surface area (Å²) in [5.41, 5.74) is 0.102. The highest BCUT2D eigenvalue weighted by Gasteiger charge is 2.50. The highest BCUT2D eigenvalue weighted by atomic mass is 16.3. The second-order valence-electron chi connectivity index (χ2n) is 7.12. The van der Waals surface area contributed by atoms with Crippen molar-refractivity contribution in [2.45, 2.75) is 64.3 Å². The summed E-state index contributed by atoms with van der Waals surface area (Å²) in [6, 6.07) is 0. The van der Waals surface area contributed by atoms with Gasteiger partial charge in [0.05, 0.1) is 11.7 Å². The van der Waals surface area contributed by atoms with E-state index in [0.29, 0.717) is 6.42 Å². The topological polar surface area (TPSA) is 60.7 Å². The zero-order chi connectivity index (χ0) is 13.7. The quantitative estimate of drug-likeness (QED) is 0.626. The van der Waals surface area contributed by atoms with Crippen molar-refractivity contribution in [1.82, 2.24) is 0 Å². The summed E-state index contributed by atoms with van der Waals surface area (Å²) < 4.78 is 0. The van der Waals surface area contributed by atoms with Gasteiger partial charge in [-0.2, -0.15) is 0 Å². The predicted molar refractivity (Wildman–Crippen MR) is 71.0 cm³/mol. The molecule has 0 unspecified atom stereocenters. The van der Waals surface area contributed by atoms with E-state index in [9.17, 15) is 15.3 Å². The second kappa shape index (κ2) is 4.32. The van der Waals surface area contributed by atoms with Crippen LogP contribution in [-0.4, -0.2) is 33.1 Å². The van der Waals surface area contributed by atoms with Crippen LogP contribution in [0.25, 0.3) is 0 Å². The van der Waals surface area contributed by atoms with E-state index in [1.807, 2.05) is 13.8 Å². The van der Waals surface area contributed by atoms with Gasteiger partial charge < -0.3 is 15.3 Å². The summed E-state index contributed by atoms with van der Waals surface area (Å²) in [7, 11) is 0. The molecule has 3 N–H and O–H groups in total. The molecule has 0 spiro atoms. The molecule has 2 rings (SSSR count). The van der Waals surface area contributed by atoms with Crippen molar-refractivity contribution >= 4 is 0 Å². The summed E-state index contributed by atoms with van der Waals surface area (Å²) in [6.45, 7) is 9.90. The monoisotopic (exact) mass is 254 g/mol. The molecule has 2 saturated carbocycles. The maximum atomic E-state index is 10.2. The number of rotatable bonds is 1. The number of aliphatic hydroxyl groups is 3. The molecule has 2 aliphatic rings. The minimum atomic E-state index is -0.802. The molecule has 104 valence electrons. The Kier molecular flexibility index (Phi) is 3.37.